The number of hydrogen-bond acceptors (Lipinski definition) is 3. The van der Waals surface area contributed by atoms with Gasteiger partial charge in [-0.3, -0.25) is 4.79 Å². The van der Waals surface area contributed by atoms with Crippen LogP contribution in [0, 0.1) is 5.82 Å². The van der Waals surface area contributed by atoms with Gasteiger partial charge in [-0.1, -0.05) is 0 Å². The van der Waals surface area contributed by atoms with E-state index in [2.05, 4.69) is 15.9 Å². The van der Waals surface area contributed by atoms with Gasteiger partial charge < -0.3 is 16.4 Å². The zero-order chi connectivity index (χ0) is 12.3. The number of amides is 1. The van der Waals surface area contributed by atoms with Crippen LogP contribution in [0.25, 0.3) is 0 Å². The van der Waals surface area contributed by atoms with Crippen LogP contribution in [0.3, 0.4) is 0 Å². The summed E-state index contributed by atoms with van der Waals surface area (Å²) < 4.78 is 13.5. The fourth-order valence-corrected chi connectivity index (χ4v) is 1.71. The number of nitrogens with zero attached hydrogens (tertiary/aromatic N) is 1. The van der Waals surface area contributed by atoms with Crippen LogP contribution in [0.2, 0.25) is 0 Å². The number of primary amides is 1. The molecular weight excluding hydrogens is 277 g/mol. The van der Waals surface area contributed by atoms with Crippen molar-refractivity contribution in [2.45, 2.75) is 6.92 Å². The summed E-state index contributed by atoms with van der Waals surface area (Å²) in [5, 5.41) is 0. The van der Waals surface area contributed by atoms with Crippen molar-refractivity contribution in [1.29, 1.82) is 0 Å². The van der Waals surface area contributed by atoms with E-state index in [4.69, 9.17) is 11.5 Å². The summed E-state index contributed by atoms with van der Waals surface area (Å²) in [4.78, 5) is 12.5. The second-order valence-corrected chi connectivity index (χ2v) is 4.16. The molecule has 1 aromatic rings. The smallest absolute Gasteiger partial charge is 0.236 e. The lowest BCUT2D eigenvalue weighted by molar-refractivity contribution is -0.116. The predicted octanol–water partition coefficient (Wildman–Crippen LogP) is 1.48. The molecule has 88 valence electrons. The van der Waals surface area contributed by atoms with Crippen LogP contribution >= 0.6 is 15.9 Å². The van der Waals surface area contributed by atoms with Crippen molar-refractivity contribution in [2.24, 2.45) is 5.73 Å². The van der Waals surface area contributed by atoms with Gasteiger partial charge in [0.2, 0.25) is 5.91 Å². The van der Waals surface area contributed by atoms with Crippen molar-refractivity contribution in [3.05, 3.63) is 22.4 Å². The molecule has 0 atom stereocenters. The molecule has 0 bridgehead atoms. The molecule has 1 amide bonds. The maximum atomic E-state index is 13.2. The van der Waals surface area contributed by atoms with E-state index in [0.717, 1.165) is 0 Å². The highest BCUT2D eigenvalue weighted by Gasteiger charge is 2.13. The van der Waals surface area contributed by atoms with Gasteiger partial charge in [-0.05, 0) is 28.9 Å². The molecule has 0 aliphatic carbocycles. The number of likely N-dealkylation sites (N-methyl/N-ethyl adjacent to an activating group) is 1. The first kappa shape index (κ1) is 12.8. The van der Waals surface area contributed by atoms with Crippen LogP contribution in [0.1, 0.15) is 6.92 Å². The first-order valence-corrected chi connectivity index (χ1v) is 5.52. The molecule has 0 unspecified atom stereocenters. The van der Waals surface area contributed by atoms with E-state index in [1.54, 1.807) is 4.90 Å². The third-order valence-corrected chi connectivity index (χ3v) is 2.75. The minimum atomic E-state index is -0.457. The maximum Gasteiger partial charge on any atom is 0.236 e. The average Bonchev–Trinajstić information content (AvgIpc) is 2.20. The van der Waals surface area contributed by atoms with Gasteiger partial charge >= 0.3 is 0 Å². The third-order valence-electron chi connectivity index (χ3n) is 2.14. The van der Waals surface area contributed by atoms with Crippen molar-refractivity contribution in [3.63, 3.8) is 0 Å². The maximum absolute atomic E-state index is 13.2. The van der Waals surface area contributed by atoms with E-state index < -0.39 is 11.7 Å². The molecular formula is C10H13BrFN3O. The van der Waals surface area contributed by atoms with E-state index in [1.807, 2.05) is 6.92 Å². The Bertz CT molecular complexity index is 411. The van der Waals surface area contributed by atoms with Crippen LogP contribution in [0.4, 0.5) is 15.8 Å². The molecule has 0 saturated carbocycles. The summed E-state index contributed by atoms with van der Waals surface area (Å²) in [6.07, 6.45) is 0. The van der Waals surface area contributed by atoms with Gasteiger partial charge in [0.25, 0.3) is 0 Å². The molecule has 4 N–H and O–H groups in total. The highest BCUT2D eigenvalue weighted by molar-refractivity contribution is 9.10. The van der Waals surface area contributed by atoms with E-state index in [-0.39, 0.29) is 12.2 Å². The van der Waals surface area contributed by atoms with E-state index in [1.165, 1.54) is 12.1 Å². The number of nitrogens with two attached hydrogens (primary N) is 2. The van der Waals surface area contributed by atoms with Gasteiger partial charge in [0.1, 0.15) is 5.82 Å². The Morgan fingerprint density at radius 3 is 2.69 bits per heavy atom. The van der Waals surface area contributed by atoms with Crippen LogP contribution in [0.15, 0.2) is 16.6 Å². The van der Waals surface area contributed by atoms with Gasteiger partial charge in [-0.15, -0.1) is 0 Å². The minimum absolute atomic E-state index is 0.0543. The standard InChI is InChI=1S/C10H13BrFN3O/c1-2-15(5-10(14)16)9-3-6(11)7(12)4-8(9)13/h3-4H,2,5,13H2,1H3,(H2,14,16). The lowest BCUT2D eigenvalue weighted by Gasteiger charge is -2.23. The number of hydrogen-bond donors (Lipinski definition) is 2. The summed E-state index contributed by atoms with van der Waals surface area (Å²) in [6, 6.07) is 2.75. The van der Waals surface area contributed by atoms with Gasteiger partial charge in [0.05, 0.1) is 22.4 Å². The quantitative estimate of drug-likeness (QED) is 0.825. The van der Waals surface area contributed by atoms with E-state index in [0.29, 0.717) is 16.7 Å². The third kappa shape index (κ3) is 2.85. The monoisotopic (exact) mass is 289 g/mol. The highest BCUT2D eigenvalue weighted by Crippen LogP contribution is 2.29. The van der Waals surface area contributed by atoms with Gasteiger partial charge in [0.15, 0.2) is 0 Å². The molecule has 0 heterocycles. The van der Waals surface area contributed by atoms with Gasteiger partial charge in [-0.25, -0.2) is 4.39 Å². The topological polar surface area (TPSA) is 72.3 Å². The predicted molar refractivity (Wildman–Crippen MR) is 65.6 cm³/mol. The zero-order valence-electron chi connectivity index (χ0n) is 8.84. The Morgan fingerprint density at radius 2 is 2.19 bits per heavy atom. The highest BCUT2D eigenvalue weighted by atomic mass is 79.9. The molecule has 0 radical (unpaired) electrons. The molecule has 0 aliphatic rings. The second-order valence-electron chi connectivity index (χ2n) is 3.31. The molecule has 0 saturated heterocycles. The second kappa shape index (κ2) is 5.16. The summed E-state index contributed by atoms with van der Waals surface area (Å²) in [6.45, 7) is 2.48. The number of carbonyl (C=O) groups excluding carboxylic acids is 1. The van der Waals surface area contributed by atoms with Crippen LogP contribution in [-0.4, -0.2) is 19.0 Å². The van der Waals surface area contributed by atoms with Gasteiger partial charge in [0, 0.05) is 12.6 Å². The normalized spacial score (nSPS) is 10.2. The Labute approximate surface area is 102 Å². The average molecular weight is 290 g/mol. The fourth-order valence-electron chi connectivity index (χ4n) is 1.38. The fraction of sp³-hybridized carbons (Fsp3) is 0.300. The number of anilines is 2. The molecule has 0 aliphatic heterocycles. The lowest BCUT2D eigenvalue weighted by atomic mass is 10.2. The van der Waals surface area contributed by atoms with Crippen LogP contribution in [0.5, 0.6) is 0 Å². The first-order valence-electron chi connectivity index (χ1n) is 4.73. The largest absolute Gasteiger partial charge is 0.397 e. The molecule has 1 aromatic carbocycles. The molecule has 0 fully saturated rings. The number of benzene rings is 1. The number of halogens is 2. The number of carbonyl (C=O) groups is 1. The molecule has 1 rings (SSSR count). The van der Waals surface area contributed by atoms with Gasteiger partial charge in [-0.2, -0.15) is 0 Å². The molecule has 16 heavy (non-hydrogen) atoms. The van der Waals surface area contributed by atoms with Crippen molar-refractivity contribution >= 4 is 33.2 Å². The number of nitrogen functional groups attached to an aromatic ring is 1. The Hall–Kier alpha value is -1.30. The number of rotatable bonds is 4. The van der Waals surface area contributed by atoms with E-state index in [9.17, 15) is 9.18 Å². The van der Waals surface area contributed by atoms with Crippen molar-refractivity contribution < 1.29 is 9.18 Å². The SMILES string of the molecule is CCN(CC(N)=O)c1cc(Br)c(F)cc1N. The van der Waals surface area contributed by atoms with Crippen molar-refractivity contribution in [1.82, 2.24) is 0 Å². The summed E-state index contributed by atoms with van der Waals surface area (Å²) in [5.41, 5.74) is 11.7. The minimum Gasteiger partial charge on any atom is -0.397 e. The summed E-state index contributed by atoms with van der Waals surface area (Å²) >= 11 is 3.07. The lowest BCUT2D eigenvalue weighted by Crippen LogP contribution is -2.34. The molecule has 6 heteroatoms. The van der Waals surface area contributed by atoms with Crippen molar-refractivity contribution in [3.8, 4) is 0 Å². The first-order chi connectivity index (χ1) is 7.45. The Morgan fingerprint density at radius 1 is 1.56 bits per heavy atom. The zero-order valence-corrected chi connectivity index (χ0v) is 10.4. The molecule has 4 nitrogen and oxygen atoms in total. The Balaban J connectivity index is 3.09. The summed E-state index contributed by atoms with van der Waals surface area (Å²) in [5.74, 6) is -0.891. The summed E-state index contributed by atoms with van der Waals surface area (Å²) in [7, 11) is 0. The van der Waals surface area contributed by atoms with Crippen LogP contribution in [-0.2, 0) is 4.79 Å². The Kier molecular flexibility index (Phi) is 4.12. The molecule has 0 aromatic heterocycles. The van der Waals surface area contributed by atoms with E-state index >= 15 is 0 Å². The van der Waals surface area contributed by atoms with Crippen molar-refractivity contribution in [2.75, 3.05) is 23.7 Å². The molecule has 0 spiro atoms. The van der Waals surface area contributed by atoms with Crippen LogP contribution < -0.4 is 16.4 Å².